The van der Waals surface area contributed by atoms with Gasteiger partial charge in [-0.3, -0.25) is 4.79 Å². The van der Waals surface area contributed by atoms with Gasteiger partial charge in [0.05, 0.1) is 5.76 Å². The van der Waals surface area contributed by atoms with Crippen LogP contribution in [0.3, 0.4) is 0 Å². The van der Waals surface area contributed by atoms with E-state index in [4.69, 9.17) is 5.11 Å². The summed E-state index contributed by atoms with van der Waals surface area (Å²) in [5.41, 5.74) is 2.04. The number of fused-ring (bicyclic) bond motifs is 1. The molecule has 0 unspecified atom stereocenters. The zero-order valence-electron chi connectivity index (χ0n) is 13.5. The van der Waals surface area contributed by atoms with Gasteiger partial charge in [-0.05, 0) is 36.4 Å². The van der Waals surface area contributed by atoms with E-state index in [9.17, 15) is 4.79 Å². The molecule has 0 fully saturated rings. The van der Waals surface area contributed by atoms with Crippen molar-refractivity contribution in [3.05, 3.63) is 78.7 Å². The van der Waals surface area contributed by atoms with Gasteiger partial charge in [0.25, 0.3) is 0 Å². The number of allylic oxidation sites excluding steroid dienone is 2. The molecule has 1 N–H and O–H groups in total. The number of aliphatic hydroxyl groups is 1. The molecule has 1 heterocycles. The van der Waals surface area contributed by atoms with Gasteiger partial charge in [-0.1, -0.05) is 24.3 Å². The predicted molar refractivity (Wildman–Crippen MR) is 93.1 cm³/mol. The SMILES string of the molecule is CC(=O)C=C(C)O.[Ir].[c-]1ccccc1-c1nccc2ccccc12. The summed E-state index contributed by atoms with van der Waals surface area (Å²) in [4.78, 5) is 14.5. The van der Waals surface area contributed by atoms with Crippen molar-refractivity contribution in [1.82, 2.24) is 4.98 Å². The number of carbonyl (C=O) groups excluding carboxylic acids is 1. The third-order valence-corrected chi connectivity index (χ3v) is 3.05. The molecule has 3 nitrogen and oxygen atoms in total. The van der Waals surface area contributed by atoms with Gasteiger partial charge in [0, 0.05) is 32.4 Å². The molecule has 3 rings (SSSR count). The summed E-state index contributed by atoms with van der Waals surface area (Å²) in [6, 6.07) is 21.4. The summed E-state index contributed by atoms with van der Waals surface area (Å²) < 4.78 is 0. The first-order chi connectivity index (χ1) is 11.1. The number of hydrogen-bond donors (Lipinski definition) is 1. The van der Waals surface area contributed by atoms with Crippen LogP contribution in [0.5, 0.6) is 0 Å². The minimum Gasteiger partial charge on any atom is -0.512 e. The first kappa shape index (κ1) is 19.8. The molecular formula is C20H18IrNO2-. The third-order valence-electron chi connectivity index (χ3n) is 3.05. The second-order valence-electron chi connectivity index (χ2n) is 5.05. The molecule has 2 aromatic carbocycles. The van der Waals surface area contributed by atoms with E-state index in [1.165, 1.54) is 30.7 Å². The van der Waals surface area contributed by atoms with E-state index in [0.29, 0.717) is 0 Å². The van der Waals surface area contributed by atoms with E-state index in [0.717, 1.165) is 11.3 Å². The molecule has 4 heteroatoms. The van der Waals surface area contributed by atoms with Crippen molar-refractivity contribution in [2.45, 2.75) is 13.8 Å². The fourth-order valence-corrected chi connectivity index (χ4v) is 2.17. The number of ketones is 1. The molecule has 1 radical (unpaired) electrons. The number of carbonyl (C=O) groups is 1. The van der Waals surface area contributed by atoms with Crippen molar-refractivity contribution in [3.8, 4) is 11.3 Å². The van der Waals surface area contributed by atoms with Crippen molar-refractivity contribution < 1.29 is 30.0 Å². The number of aromatic nitrogens is 1. The topological polar surface area (TPSA) is 50.2 Å². The number of aliphatic hydroxyl groups excluding tert-OH is 1. The molecule has 0 aliphatic carbocycles. The van der Waals surface area contributed by atoms with Crippen LogP contribution in [0.25, 0.3) is 22.0 Å². The zero-order valence-corrected chi connectivity index (χ0v) is 15.9. The first-order valence-corrected chi connectivity index (χ1v) is 7.26. The largest absolute Gasteiger partial charge is 0.512 e. The Bertz CT molecular complexity index is 820. The van der Waals surface area contributed by atoms with E-state index in [-0.39, 0.29) is 31.6 Å². The summed E-state index contributed by atoms with van der Waals surface area (Å²) in [7, 11) is 0. The van der Waals surface area contributed by atoms with Gasteiger partial charge in [-0.2, -0.15) is 0 Å². The van der Waals surface area contributed by atoms with Crippen molar-refractivity contribution in [1.29, 1.82) is 0 Å². The molecule has 0 aliphatic heterocycles. The molecule has 0 bridgehead atoms. The monoisotopic (exact) mass is 497 g/mol. The predicted octanol–water partition coefficient (Wildman–Crippen LogP) is 4.74. The average Bonchev–Trinajstić information content (AvgIpc) is 2.54. The van der Waals surface area contributed by atoms with Gasteiger partial charge < -0.3 is 10.1 Å². The Balaban J connectivity index is 0.000000312. The van der Waals surface area contributed by atoms with Crippen LogP contribution >= 0.6 is 0 Å². The summed E-state index contributed by atoms with van der Waals surface area (Å²) in [6.45, 7) is 2.85. The van der Waals surface area contributed by atoms with Crippen molar-refractivity contribution in [2.75, 3.05) is 0 Å². The fraction of sp³-hybridized carbons (Fsp3) is 0.100. The summed E-state index contributed by atoms with van der Waals surface area (Å²) >= 11 is 0. The second kappa shape index (κ2) is 9.76. The number of pyridine rings is 1. The molecule has 0 saturated carbocycles. The zero-order chi connectivity index (χ0) is 16.7. The maximum Gasteiger partial charge on any atom is 0.155 e. The van der Waals surface area contributed by atoms with Gasteiger partial charge >= 0.3 is 0 Å². The van der Waals surface area contributed by atoms with Crippen LogP contribution in [0.4, 0.5) is 0 Å². The molecule has 0 spiro atoms. The first-order valence-electron chi connectivity index (χ1n) is 7.26. The van der Waals surface area contributed by atoms with Crippen LogP contribution < -0.4 is 0 Å². The van der Waals surface area contributed by atoms with Crippen molar-refractivity contribution >= 4 is 16.6 Å². The van der Waals surface area contributed by atoms with E-state index in [1.54, 1.807) is 0 Å². The van der Waals surface area contributed by atoms with Crippen LogP contribution in [0.15, 0.2) is 72.6 Å². The quantitative estimate of drug-likeness (QED) is 0.317. The second-order valence-corrected chi connectivity index (χ2v) is 5.05. The summed E-state index contributed by atoms with van der Waals surface area (Å²) in [5.74, 6) is -0.0625. The maximum absolute atomic E-state index is 10.0. The minimum atomic E-state index is -0.125. The molecule has 0 saturated heterocycles. The van der Waals surface area contributed by atoms with E-state index >= 15 is 0 Å². The van der Waals surface area contributed by atoms with Gasteiger partial charge in [-0.15, -0.1) is 35.9 Å². The van der Waals surface area contributed by atoms with Crippen molar-refractivity contribution in [3.63, 3.8) is 0 Å². The third kappa shape index (κ3) is 5.73. The molecular weight excluding hydrogens is 478 g/mol. The maximum atomic E-state index is 10.0. The number of rotatable bonds is 2. The molecule has 0 aliphatic rings. The average molecular weight is 497 g/mol. The Morgan fingerprint density at radius 2 is 1.79 bits per heavy atom. The smallest absolute Gasteiger partial charge is 0.155 e. The Labute approximate surface area is 155 Å². The van der Waals surface area contributed by atoms with E-state index < -0.39 is 0 Å². The molecule has 0 amide bonds. The minimum absolute atomic E-state index is 0. The van der Waals surface area contributed by atoms with Crippen LogP contribution in [0.2, 0.25) is 0 Å². The molecule has 125 valence electrons. The Morgan fingerprint density at radius 3 is 2.38 bits per heavy atom. The van der Waals surface area contributed by atoms with Crippen LogP contribution in [-0.2, 0) is 24.9 Å². The van der Waals surface area contributed by atoms with E-state index in [1.807, 2.05) is 48.7 Å². The standard InChI is InChI=1S/C15H10N.C5H8O2.Ir/c1-2-7-13(8-3-1)15-14-9-5-4-6-12(14)10-11-16-15;1-4(6)3-5(2)7;/h1-7,9-11H;3,6H,1-2H3;/q-1;;. The molecule has 0 atom stereocenters. The van der Waals surface area contributed by atoms with Gasteiger partial charge in [0.15, 0.2) is 5.78 Å². The van der Waals surface area contributed by atoms with Crippen LogP contribution in [-0.4, -0.2) is 15.9 Å². The Kier molecular flexibility index (Phi) is 8.03. The number of nitrogens with zero attached hydrogens (tertiary/aromatic N) is 1. The molecule has 24 heavy (non-hydrogen) atoms. The van der Waals surface area contributed by atoms with Crippen LogP contribution in [0.1, 0.15) is 13.8 Å². The van der Waals surface area contributed by atoms with Gasteiger partial charge in [-0.25, -0.2) is 0 Å². The molecule has 3 aromatic rings. The van der Waals surface area contributed by atoms with E-state index in [2.05, 4.69) is 23.2 Å². The Morgan fingerprint density at radius 1 is 1.08 bits per heavy atom. The number of hydrogen-bond acceptors (Lipinski definition) is 3. The van der Waals surface area contributed by atoms with Gasteiger partial charge in [0.1, 0.15) is 0 Å². The molecule has 1 aromatic heterocycles. The summed E-state index contributed by atoms with van der Waals surface area (Å²) in [5, 5.41) is 10.7. The fourth-order valence-electron chi connectivity index (χ4n) is 2.17. The number of benzene rings is 2. The normalized spacial score (nSPS) is 10.3. The van der Waals surface area contributed by atoms with Crippen molar-refractivity contribution in [2.24, 2.45) is 0 Å². The Hall–Kier alpha value is -2.29. The van der Waals surface area contributed by atoms with Crippen LogP contribution in [0, 0.1) is 6.07 Å². The van der Waals surface area contributed by atoms with Gasteiger partial charge in [0.2, 0.25) is 0 Å². The summed E-state index contributed by atoms with van der Waals surface area (Å²) in [6.07, 6.45) is 3.01.